The van der Waals surface area contributed by atoms with E-state index in [4.69, 9.17) is 5.26 Å². The van der Waals surface area contributed by atoms with Crippen molar-refractivity contribution in [3.63, 3.8) is 0 Å². The van der Waals surface area contributed by atoms with Crippen LogP contribution in [0.4, 0.5) is 10.5 Å². The number of imide groups is 1. The molecule has 0 bridgehead atoms. The van der Waals surface area contributed by atoms with Crippen molar-refractivity contribution in [1.29, 1.82) is 5.26 Å². The second-order valence-corrected chi connectivity index (χ2v) is 5.68. The van der Waals surface area contributed by atoms with E-state index >= 15 is 0 Å². The van der Waals surface area contributed by atoms with Gasteiger partial charge in [0.15, 0.2) is 0 Å². The predicted octanol–water partition coefficient (Wildman–Crippen LogP) is 0.465. The maximum absolute atomic E-state index is 12.5. The first-order valence-electron chi connectivity index (χ1n) is 6.61. The van der Waals surface area contributed by atoms with Crippen LogP contribution >= 0.6 is 11.7 Å². The number of aliphatic hydroxyl groups excluding tert-OH is 1. The zero-order valence-corrected chi connectivity index (χ0v) is 11.9. The number of urea groups is 1. The summed E-state index contributed by atoms with van der Waals surface area (Å²) in [6, 6.07) is 3.75. The Morgan fingerprint density at radius 3 is 2.82 bits per heavy atom. The van der Waals surface area contributed by atoms with Gasteiger partial charge >= 0.3 is 6.03 Å². The summed E-state index contributed by atoms with van der Waals surface area (Å²) in [6.45, 7) is 0.349. The number of aromatic nitrogens is 2. The summed E-state index contributed by atoms with van der Waals surface area (Å²) in [5, 5.41) is 19.0. The third-order valence-corrected chi connectivity index (χ3v) is 4.56. The van der Waals surface area contributed by atoms with Crippen LogP contribution in [-0.4, -0.2) is 49.4 Å². The summed E-state index contributed by atoms with van der Waals surface area (Å²) >= 11 is 0.916. The first-order valence-corrected chi connectivity index (χ1v) is 7.34. The normalized spacial score (nSPS) is 24.2. The number of rotatable bonds is 1. The lowest BCUT2D eigenvalue weighted by molar-refractivity contribution is -0.121. The van der Waals surface area contributed by atoms with Crippen molar-refractivity contribution in [1.82, 2.24) is 13.6 Å². The Kier molecular flexibility index (Phi) is 2.66. The zero-order valence-electron chi connectivity index (χ0n) is 11.1. The molecule has 0 aliphatic carbocycles. The number of benzene rings is 1. The first-order chi connectivity index (χ1) is 10.6. The van der Waals surface area contributed by atoms with E-state index in [1.54, 1.807) is 0 Å². The number of nitrogens with zero attached hydrogens (tertiary/aromatic N) is 5. The Labute approximate surface area is 128 Å². The molecule has 0 radical (unpaired) electrons. The quantitative estimate of drug-likeness (QED) is 0.766. The molecule has 1 aromatic carbocycles. The van der Waals surface area contributed by atoms with E-state index < -0.39 is 24.1 Å². The SMILES string of the molecule is N#Cc1ccc(N2C(=O)[C@@H]3[C@H](O)CCN3C2=O)c2nsnc12. The molecule has 1 aromatic heterocycles. The molecule has 0 spiro atoms. The Morgan fingerprint density at radius 2 is 2.09 bits per heavy atom. The van der Waals surface area contributed by atoms with Crippen LogP contribution in [0.2, 0.25) is 0 Å². The van der Waals surface area contributed by atoms with E-state index in [0.717, 1.165) is 16.6 Å². The second kappa shape index (κ2) is 4.46. The Bertz CT molecular complexity index is 857. The number of hydrogen-bond acceptors (Lipinski definition) is 7. The van der Waals surface area contributed by atoms with Gasteiger partial charge in [0.05, 0.1) is 29.1 Å². The van der Waals surface area contributed by atoms with Crippen molar-refractivity contribution in [3.8, 4) is 6.07 Å². The zero-order chi connectivity index (χ0) is 15.4. The third-order valence-electron chi connectivity index (χ3n) is 4.03. The fourth-order valence-corrected chi connectivity index (χ4v) is 3.56. The van der Waals surface area contributed by atoms with Crippen molar-refractivity contribution in [3.05, 3.63) is 17.7 Å². The van der Waals surface area contributed by atoms with Gasteiger partial charge in [-0.25, -0.2) is 9.69 Å². The van der Waals surface area contributed by atoms with Crippen LogP contribution in [0.25, 0.3) is 11.0 Å². The summed E-state index contributed by atoms with van der Waals surface area (Å²) in [7, 11) is 0. The van der Waals surface area contributed by atoms with Gasteiger partial charge in [-0.1, -0.05) is 0 Å². The summed E-state index contributed by atoms with van der Waals surface area (Å²) in [6.07, 6.45) is -0.444. The van der Waals surface area contributed by atoms with Crippen LogP contribution in [0, 0.1) is 11.3 Å². The van der Waals surface area contributed by atoms with E-state index in [1.165, 1.54) is 17.0 Å². The minimum atomic E-state index is -0.844. The van der Waals surface area contributed by atoms with Gasteiger partial charge in [-0.2, -0.15) is 14.0 Å². The van der Waals surface area contributed by atoms with Crippen LogP contribution in [0.5, 0.6) is 0 Å². The average molecular weight is 315 g/mol. The molecule has 22 heavy (non-hydrogen) atoms. The predicted molar refractivity (Wildman–Crippen MR) is 76.1 cm³/mol. The summed E-state index contributed by atoms with van der Waals surface area (Å²) < 4.78 is 8.16. The van der Waals surface area contributed by atoms with Crippen LogP contribution in [0.15, 0.2) is 12.1 Å². The van der Waals surface area contributed by atoms with Crippen molar-refractivity contribution < 1.29 is 14.7 Å². The Balaban J connectivity index is 1.87. The fourth-order valence-electron chi connectivity index (χ4n) is 2.99. The highest BCUT2D eigenvalue weighted by Crippen LogP contribution is 2.35. The summed E-state index contributed by atoms with van der Waals surface area (Å²) in [5.41, 5.74) is 1.37. The highest BCUT2D eigenvalue weighted by molar-refractivity contribution is 7.00. The number of fused-ring (bicyclic) bond motifs is 2. The number of aliphatic hydroxyl groups is 1. The summed E-state index contributed by atoms with van der Waals surface area (Å²) in [4.78, 5) is 27.4. The molecule has 2 aliphatic heterocycles. The molecule has 3 amide bonds. The van der Waals surface area contributed by atoms with Gasteiger partial charge < -0.3 is 10.0 Å². The monoisotopic (exact) mass is 315 g/mol. The molecule has 9 heteroatoms. The highest BCUT2D eigenvalue weighted by atomic mass is 32.1. The van der Waals surface area contributed by atoms with Gasteiger partial charge in [-0.3, -0.25) is 4.79 Å². The lowest BCUT2D eigenvalue weighted by Crippen LogP contribution is -2.36. The van der Waals surface area contributed by atoms with E-state index in [2.05, 4.69) is 8.75 Å². The van der Waals surface area contributed by atoms with Crippen molar-refractivity contribution >= 4 is 40.4 Å². The lowest BCUT2D eigenvalue weighted by Gasteiger charge is -2.15. The number of amides is 3. The molecule has 0 unspecified atom stereocenters. The molecule has 2 aromatic rings. The van der Waals surface area contributed by atoms with E-state index in [-0.39, 0.29) is 0 Å². The van der Waals surface area contributed by atoms with Crippen LogP contribution < -0.4 is 4.90 Å². The lowest BCUT2D eigenvalue weighted by atomic mass is 10.1. The number of carbonyl (C=O) groups excluding carboxylic acids is 2. The maximum Gasteiger partial charge on any atom is 0.332 e. The number of carbonyl (C=O) groups is 2. The third kappa shape index (κ3) is 1.53. The maximum atomic E-state index is 12.5. The van der Waals surface area contributed by atoms with Gasteiger partial charge in [0, 0.05) is 6.54 Å². The van der Waals surface area contributed by atoms with Gasteiger partial charge in [0.25, 0.3) is 5.91 Å². The van der Waals surface area contributed by atoms with Crippen LogP contribution in [0.1, 0.15) is 12.0 Å². The van der Waals surface area contributed by atoms with Crippen LogP contribution in [0.3, 0.4) is 0 Å². The second-order valence-electron chi connectivity index (χ2n) is 5.16. The number of hydrogen-bond donors (Lipinski definition) is 1. The topological polar surface area (TPSA) is 110 Å². The molecule has 3 heterocycles. The molecular weight excluding hydrogens is 306 g/mol. The largest absolute Gasteiger partial charge is 0.390 e. The molecule has 110 valence electrons. The van der Waals surface area contributed by atoms with E-state index in [1.807, 2.05) is 6.07 Å². The Morgan fingerprint density at radius 1 is 1.32 bits per heavy atom. The molecule has 2 fully saturated rings. The van der Waals surface area contributed by atoms with Crippen molar-refractivity contribution in [2.75, 3.05) is 11.4 Å². The average Bonchev–Trinajstić information content (AvgIpc) is 3.18. The smallest absolute Gasteiger partial charge is 0.332 e. The number of anilines is 1. The molecule has 8 nitrogen and oxygen atoms in total. The molecule has 4 rings (SSSR count). The highest BCUT2D eigenvalue weighted by Gasteiger charge is 2.53. The minimum Gasteiger partial charge on any atom is -0.390 e. The van der Waals surface area contributed by atoms with Gasteiger partial charge in [0.1, 0.15) is 23.1 Å². The molecule has 0 saturated carbocycles. The molecule has 2 saturated heterocycles. The molecule has 2 aliphatic rings. The standard InChI is InChI=1S/C13H9N5O3S/c14-5-6-1-2-7(10-9(6)15-22-16-10)18-12(20)11-8(19)3-4-17(11)13(18)21/h1-2,8,11,19H,3-4H2/t8-,11+/m1/s1. The Hall–Kier alpha value is -2.57. The summed E-state index contributed by atoms with van der Waals surface area (Å²) in [5.74, 6) is -0.464. The molecule has 2 atom stereocenters. The van der Waals surface area contributed by atoms with E-state index in [9.17, 15) is 14.7 Å². The van der Waals surface area contributed by atoms with E-state index in [0.29, 0.717) is 35.2 Å². The van der Waals surface area contributed by atoms with Gasteiger partial charge in [0.2, 0.25) is 0 Å². The van der Waals surface area contributed by atoms with Gasteiger partial charge in [-0.15, -0.1) is 0 Å². The molecule has 1 N–H and O–H groups in total. The fraction of sp³-hybridized carbons (Fsp3) is 0.308. The van der Waals surface area contributed by atoms with Crippen LogP contribution in [-0.2, 0) is 4.79 Å². The molecular formula is C13H9N5O3S. The van der Waals surface area contributed by atoms with Gasteiger partial charge in [-0.05, 0) is 18.6 Å². The minimum absolute atomic E-state index is 0.305. The number of nitriles is 1. The van der Waals surface area contributed by atoms with Crippen molar-refractivity contribution in [2.24, 2.45) is 0 Å². The van der Waals surface area contributed by atoms with Crippen molar-refractivity contribution in [2.45, 2.75) is 18.6 Å². The first kappa shape index (κ1) is 13.1.